The van der Waals surface area contributed by atoms with Crippen molar-refractivity contribution in [1.82, 2.24) is 10.9 Å². The lowest BCUT2D eigenvalue weighted by molar-refractivity contribution is 0.112. The van der Waals surface area contributed by atoms with Gasteiger partial charge in [-0.25, -0.2) is 20.4 Å². The molecule has 0 aliphatic carbocycles. The highest BCUT2D eigenvalue weighted by Crippen LogP contribution is 2.15. The van der Waals surface area contributed by atoms with Crippen LogP contribution >= 0.6 is 0 Å². The summed E-state index contributed by atoms with van der Waals surface area (Å²) < 4.78 is 4.79. The monoisotopic (exact) mass is 280 g/mol. The van der Waals surface area contributed by atoms with Crippen LogP contribution < -0.4 is 21.1 Å². The molecule has 110 valence electrons. The Morgan fingerprint density at radius 2 is 1.70 bits per heavy atom. The number of rotatable bonds is 3. The molecule has 20 heavy (non-hydrogen) atoms. The zero-order valence-electron chi connectivity index (χ0n) is 12.1. The summed E-state index contributed by atoms with van der Waals surface area (Å²) in [6, 6.07) is 6.72. The Hall–Kier alpha value is -2.44. The van der Waals surface area contributed by atoms with Gasteiger partial charge in [0.1, 0.15) is 0 Å². The Bertz CT molecular complexity index is 457. The van der Waals surface area contributed by atoms with Gasteiger partial charge in [-0.1, -0.05) is 0 Å². The summed E-state index contributed by atoms with van der Waals surface area (Å²) in [6.45, 7) is 3.43. The molecule has 0 fully saturated rings. The molecule has 0 bridgehead atoms. The molecule has 1 rings (SSSR count). The van der Waals surface area contributed by atoms with Gasteiger partial charge in [0.05, 0.1) is 6.10 Å². The first kappa shape index (κ1) is 15.6. The number of benzene rings is 1. The number of carbonyl (C=O) groups excluding carboxylic acids is 2. The van der Waals surface area contributed by atoms with Crippen LogP contribution in [0.25, 0.3) is 0 Å². The molecule has 3 amide bonds. The van der Waals surface area contributed by atoms with Crippen molar-refractivity contribution in [1.29, 1.82) is 0 Å². The van der Waals surface area contributed by atoms with Gasteiger partial charge in [0.2, 0.25) is 0 Å². The number of anilines is 2. The van der Waals surface area contributed by atoms with E-state index in [9.17, 15) is 9.59 Å². The van der Waals surface area contributed by atoms with E-state index in [1.165, 1.54) is 0 Å². The predicted molar refractivity (Wildman–Crippen MR) is 77.7 cm³/mol. The first-order valence-electron chi connectivity index (χ1n) is 6.19. The van der Waals surface area contributed by atoms with Crippen LogP contribution in [0.5, 0.6) is 0 Å². The third-order valence-electron chi connectivity index (χ3n) is 2.26. The maximum absolute atomic E-state index is 11.5. The van der Waals surface area contributed by atoms with Gasteiger partial charge >= 0.3 is 12.1 Å². The number of nitrogens with one attached hydrogen (secondary N) is 3. The minimum Gasteiger partial charge on any atom is -0.446 e. The highest BCUT2D eigenvalue weighted by molar-refractivity contribution is 5.90. The lowest BCUT2D eigenvalue weighted by atomic mass is 10.2. The molecule has 0 atom stereocenters. The van der Waals surface area contributed by atoms with E-state index in [0.717, 1.165) is 5.69 Å². The Kier molecular flexibility index (Phi) is 5.64. The van der Waals surface area contributed by atoms with E-state index in [-0.39, 0.29) is 6.10 Å². The SMILES string of the molecule is CC(C)OC(=O)NNC(=O)Nc1ccc(N(C)C)cc1. The van der Waals surface area contributed by atoms with E-state index in [2.05, 4.69) is 16.2 Å². The third-order valence-corrected chi connectivity index (χ3v) is 2.26. The van der Waals surface area contributed by atoms with Crippen LogP contribution in [0.3, 0.4) is 0 Å². The molecule has 0 unspecified atom stereocenters. The summed E-state index contributed by atoms with van der Waals surface area (Å²) in [5.41, 5.74) is 5.96. The Balaban J connectivity index is 2.40. The Morgan fingerprint density at radius 1 is 1.10 bits per heavy atom. The van der Waals surface area contributed by atoms with Crippen LogP contribution in [0.2, 0.25) is 0 Å². The molecule has 7 heteroatoms. The van der Waals surface area contributed by atoms with E-state index >= 15 is 0 Å². The second kappa shape index (κ2) is 7.22. The quantitative estimate of drug-likeness (QED) is 0.739. The Labute approximate surface area is 118 Å². The first-order valence-corrected chi connectivity index (χ1v) is 6.19. The molecule has 0 aliphatic heterocycles. The van der Waals surface area contributed by atoms with E-state index in [4.69, 9.17) is 4.74 Å². The highest BCUT2D eigenvalue weighted by atomic mass is 16.6. The number of hydrogen-bond acceptors (Lipinski definition) is 4. The van der Waals surface area contributed by atoms with Crippen LogP contribution in [0, 0.1) is 0 Å². The van der Waals surface area contributed by atoms with E-state index < -0.39 is 12.1 Å². The molecule has 0 aromatic heterocycles. The molecule has 1 aromatic carbocycles. The van der Waals surface area contributed by atoms with Crippen LogP contribution in [0.1, 0.15) is 13.8 Å². The fourth-order valence-corrected chi connectivity index (χ4v) is 1.36. The maximum atomic E-state index is 11.5. The van der Waals surface area contributed by atoms with Crippen molar-refractivity contribution in [2.75, 3.05) is 24.3 Å². The number of nitrogens with zero attached hydrogens (tertiary/aromatic N) is 1. The van der Waals surface area contributed by atoms with Gasteiger partial charge in [0.25, 0.3) is 0 Å². The molecule has 3 N–H and O–H groups in total. The number of hydrazine groups is 1. The lowest BCUT2D eigenvalue weighted by Gasteiger charge is -2.13. The average Bonchev–Trinajstić information content (AvgIpc) is 2.36. The van der Waals surface area contributed by atoms with Crippen LogP contribution in [0.15, 0.2) is 24.3 Å². The van der Waals surface area contributed by atoms with E-state index in [1.54, 1.807) is 26.0 Å². The van der Waals surface area contributed by atoms with Gasteiger partial charge in [0, 0.05) is 25.5 Å². The normalized spacial score (nSPS) is 9.85. The summed E-state index contributed by atoms with van der Waals surface area (Å²) in [7, 11) is 3.86. The van der Waals surface area contributed by atoms with Crippen molar-refractivity contribution in [3.05, 3.63) is 24.3 Å². The summed E-state index contributed by atoms with van der Waals surface area (Å²) in [5, 5.41) is 2.58. The van der Waals surface area contributed by atoms with Crippen molar-refractivity contribution in [2.24, 2.45) is 0 Å². The average molecular weight is 280 g/mol. The third kappa shape index (κ3) is 5.47. The van der Waals surface area contributed by atoms with Gasteiger partial charge in [0.15, 0.2) is 0 Å². The predicted octanol–water partition coefficient (Wildman–Crippen LogP) is 1.92. The van der Waals surface area contributed by atoms with Crippen LogP contribution in [-0.4, -0.2) is 32.3 Å². The van der Waals surface area contributed by atoms with Gasteiger partial charge in [-0.3, -0.25) is 0 Å². The van der Waals surface area contributed by atoms with Gasteiger partial charge in [-0.2, -0.15) is 0 Å². The van der Waals surface area contributed by atoms with E-state index in [0.29, 0.717) is 5.69 Å². The molecular weight excluding hydrogens is 260 g/mol. The first-order chi connectivity index (χ1) is 9.38. The minimum absolute atomic E-state index is 0.251. The van der Waals surface area contributed by atoms with Crippen molar-refractivity contribution in [2.45, 2.75) is 20.0 Å². The van der Waals surface area contributed by atoms with Crippen LogP contribution in [-0.2, 0) is 4.74 Å². The van der Waals surface area contributed by atoms with Crippen LogP contribution in [0.4, 0.5) is 21.0 Å². The largest absolute Gasteiger partial charge is 0.446 e. The second-order valence-corrected chi connectivity index (χ2v) is 4.60. The Morgan fingerprint density at radius 3 is 2.20 bits per heavy atom. The molecule has 1 aromatic rings. The summed E-state index contributed by atoms with van der Waals surface area (Å²) in [6.07, 6.45) is -0.962. The summed E-state index contributed by atoms with van der Waals surface area (Å²) in [4.78, 5) is 24.6. The topological polar surface area (TPSA) is 82.7 Å². The second-order valence-electron chi connectivity index (χ2n) is 4.60. The van der Waals surface area contributed by atoms with Gasteiger partial charge < -0.3 is 15.0 Å². The summed E-state index contributed by atoms with van der Waals surface area (Å²) in [5.74, 6) is 0. The number of hydrogen-bond donors (Lipinski definition) is 3. The molecule has 0 spiro atoms. The smallest absolute Gasteiger partial charge is 0.426 e. The molecular formula is C13H20N4O3. The number of ether oxygens (including phenoxy) is 1. The zero-order valence-corrected chi connectivity index (χ0v) is 12.1. The lowest BCUT2D eigenvalue weighted by Crippen LogP contribution is -2.44. The molecule has 0 heterocycles. The fourth-order valence-electron chi connectivity index (χ4n) is 1.36. The number of amides is 3. The maximum Gasteiger partial charge on any atom is 0.426 e. The van der Waals surface area contributed by atoms with Gasteiger partial charge in [-0.05, 0) is 38.1 Å². The highest BCUT2D eigenvalue weighted by Gasteiger charge is 2.07. The molecule has 0 saturated heterocycles. The van der Waals surface area contributed by atoms with E-state index in [1.807, 2.05) is 31.1 Å². The summed E-state index contributed by atoms with van der Waals surface area (Å²) >= 11 is 0. The van der Waals surface area contributed by atoms with Crippen molar-refractivity contribution < 1.29 is 14.3 Å². The number of urea groups is 1. The van der Waals surface area contributed by atoms with Gasteiger partial charge in [-0.15, -0.1) is 0 Å². The minimum atomic E-state index is -0.710. The zero-order chi connectivity index (χ0) is 15.1. The van der Waals surface area contributed by atoms with Crippen molar-refractivity contribution >= 4 is 23.5 Å². The fraction of sp³-hybridized carbons (Fsp3) is 0.385. The molecule has 0 aliphatic rings. The molecule has 0 saturated carbocycles. The van der Waals surface area contributed by atoms with Crippen molar-refractivity contribution in [3.8, 4) is 0 Å². The molecule has 0 radical (unpaired) electrons. The number of carbonyl (C=O) groups is 2. The molecule has 7 nitrogen and oxygen atoms in total. The standard InChI is InChI=1S/C13H20N4O3/c1-9(2)20-13(19)16-15-12(18)14-10-5-7-11(8-6-10)17(3)4/h5-9H,1-4H3,(H,16,19)(H2,14,15,18). The van der Waals surface area contributed by atoms with Crippen molar-refractivity contribution in [3.63, 3.8) is 0 Å².